The van der Waals surface area contributed by atoms with Gasteiger partial charge in [0, 0.05) is 5.56 Å². The van der Waals surface area contributed by atoms with Gasteiger partial charge in [0.25, 0.3) is 5.78 Å². The summed E-state index contributed by atoms with van der Waals surface area (Å²) < 4.78 is 15.3. The molecule has 23 heavy (non-hydrogen) atoms. The Hall–Kier alpha value is -2.56. The summed E-state index contributed by atoms with van der Waals surface area (Å²) in [6.45, 7) is 3.62. The molecular weight excluding hydrogens is 296 g/mol. The molecule has 1 atom stereocenters. The van der Waals surface area contributed by atoms with Crippen LogP contribution in [0.15, 0.2) is 36.4 Å². The van der Waals surface area contributed by atoms with E-state index in [1.165, 1.54) is 12.2 Å². The van der Waals surface area contributed by atoms with Gasteiger partial charge in [0.15, 0.2) is 0 Å². The zero-order chi connectivity index (χ0) is 17.2. The summed E-state index contributed by atoms with van der Waals surface area (Å²) in [7, 11) is 3.15. The Bertz CT molecular complexity index is 601. The summed E-state index contributed by atoms with van der Waals surface area (Å²) in [5, 5.41) is 0. The molecule has 0 bridgehead atoms. The molecule has 0 aliphatic carbocycles. The molecule has 5 heteroatoms. The van der Waals surface area contributed by atoms with Gasteiger partial charge in [0.05, 0.1) is 20.3 Å². The standard InChI is InChI=1S/C18H22O5/c1-5-13(2)23-18(20)16(19)9-7-6-8-14-12-15(21-3)10-11-17(14)22-4/h6-13H,5H2,1-4H3/b8-6+,9-7+. The number of carbonyl (C=O) groups is 2. The molecule has 0 saturated carbocycles. The van der Waals surface area contributed by atoms with Gasteiger partial charge in [-0.1, -0.05) is 25.2 Å². The maximum atomic E-state index is 11.6. The Labute approximate surface area is 136 Å². The largest absolute Gasteiger partial charge is 0.497 e. The fourth-order valence-corrected chi connectivity index (χ4v) is 1.66. The minimum Gasteiger partial charge on any atom is -0.497 e. The molecule has 1 unspecified atom stereocenters. The number of hydrogen-bond donors (Lipinski definition) is 0. The van der Waals surface area contributed by atoms with Gasteiger partial charge in [0.1, 0.15) is 11.5 Å². The third-order valence-electron chi connectivity index (χ3n) is 3.16. The normalized spacial score (nSPS) is 12.3. The van der Waals surface area contributed by atoms with E-state index < -0.39 is 11.8 Å². The van der Waals surface area contributed by atoms with Crippen LogP contribution in [0.5, 0.6) is 11.5 Å². The predicted octanol–water partition coefficient (Wildman–Crippen LogP) is 3.18. The van der Waals surface area contributed by atoms with Crippen molar-refractivity contribution in [3.63, 3.8) is 0 Å². The van der Waals surface area contributed by atoms with E-state index in [0.717, 1.165) is 5.56 Å². The van der Waals surface area contributed by atoms with E-state index in [1.54, 1.807) is 45.4 Å². The Morgan fingerprint density at radius 2 is 1.91 bits per heavy atom. The molecule has 0 spiro atoms. The van der Waals surface area contributed by atoms with Gasteiger partial charge < -0.3 is 14.2 Å². The van der Waals surface area contributed by atoms with E-state index in [-0.39, 0.29) is 6.10 Å². The quantitative estimate of drug-likeness (QED) is 0.319. The van der Waals surface area contributed by atoms with Crippen LogP contribution in [-0.2, 0) is 14.3 Å². The van der Waals surface area contributed by atoms with Crippen LogP contribution in [-0.4, -0.2) is 32.1 Å². The van der Waals surface area contributed by atoms with Crippen molar-refractivity contribution < 1.29 is 23.8 Å². The molecule has 124 valence electrons. The maximum Gasteiger partial charge on any atom is 0.379 e. The van der Waals surface area contributed by atoms with Crippen LogP contribution in [0.1, 0.15) is 25.8 Å². The second kappa shape index (κ2) is 9.46. The Morgan fingerprint density at radius 1 is 1.17 bits per heavy atom. The van der Waals surface area contributed by atoms with Crippen LogP contribution >= 0.6 is 0 Å². The average molecular weight is 318 g/mol. The second-order valence-corrected chi connectivity index (χ2v) is 4.81. The van der Waals surface area contributed by atoms with E-state index in [1.807, 2.05) is 13.0 Å². The second-order valence-electron chi connectivity index (χ2n) is 4.81. The Kier molecular flexibility index (Phi) is 7.60. The first kappa shape index (κ1) is 18.5. The monoisotopic (exact) mass is 318 g/mol. The van der Waals surface area contributed by atoms with E-state index in [2.05, 4.69) is 0 Å². The summed E-state index contributed by atoms with van der Waals surface area (Å²) in [6.07, 6.45) is 6.46. The van der Waals surface area contributed by atoms with Gasteiger partial charge in [-0.25, -0.2) is 4.79 Å². The minimum absolute atomic E-state index is 0.267. The third kappa shape index (κ3) is 5.98. The highest BCUT2D eigenvalue weighted by atomic mass is 16.5. The molecule has 1 aromatic rings. The lowest BCUT2D eigenvalue weighted by molar-refractivity contribution is -0.155. The molecule has 0 aliphatic rings. The number of esters is 1. The zero-order valence-corrected chi connectivity index (χ0v) is 13.9. The van der Waals surface area contributed by atoms with Gasteiger partial charge in [-0.2, -0.15) is 0 Å². The van der Waals surface area contributed by atoms with E-state index in [9.17, 15) is 9.59 Å². The molecular formula is C18H22O5. The van der Waals surface area contributed by atoms with Crippen LogP contribution in [0.4, 0.5) is 0 Å². The first-order valence-electron chi connectivity index (χ1n) is 7.33. The average Bonchev–Trinajstić information content (AvgIpc) is 2.57. The van der Waals surface area contributed by atoms with Crippen molar-refractivity contribution in [1.29, 1.82) is 0 Å². The van der Waals surface area contributed by atoms with Crippen molar-refractivity contribution in [2.24, 2.45) is 0 Å². The highest BCUT2D eigenvalue weighted by molar-refractivity contribution is 6.38. The van der Waals surface area contributed by atoms with E-state index >= 15 is 0 Å². The van der Waals surface area contributed by atoms with Crippen molar-refractivity contribution >= 4 is 17.8 Å². The van der Waals surface area contributed by atoms with E-state index in [0.29, 0.717) is 17.9 Å². The maximum absolute atomic E-state index is 11.6. The molecule has 1 aromatic carbocycles. The smallest absolute Gasteiger partial charge is 0.379 e. The summed E-state index contributed by atoms with van der Waals surface area (Å²) in [6, 6.07) is 5.39. The first-order valence-corrected chi connectivity index (χ1v) is 7.33. The lowest BCUT2D eigenvalue weighted by atomic mass is 10.1. The number of rotatable bonds is 8. The van der Waals surface area contributed by atoms with Crippen LogP contribution in [0.25, 0.3) is 6.08 Å². The van der Waals surface area contributed by atoms with Gasteiger partial charge >= 0.3 is 5.97 Å². The molecule has 5 nitrogen and oxygen atoms in total. The summed E-state index contributed by atoms with van der Waals surface area (Å²) in [5.41, 5.74) is 0.797. The molecule has 0 fully saturated rings. The van der Waals surface area contributed by atoms with Gasteiger partial charge in [-0.3, -0.25) is 4.79 Å². The molecule has 0 saturated heterocycles. The molecule has 0 aromatic heterocycles. The van der Waals surface area contributed by atoms with Gasteiger partial charge in [-0.15, -0.1) is 0 Å². The highest BCUT2D eigenvalue weighted by Gasteiger charge is 2.14. The zero-order valence-electron chi connectivity index (χ0n) is 13.9. The van der Waals surface area contributed by atoms with Crippen molar-refractivity contribution in [3.05, 3.63) is 42.0 Å². The molecule has 0 radical (unpaired) electrons. The predicted molar refractivity (Wildman–Crippen MR) is 88.6 cm³/mol. The Balaban J connectivity index is 2.71. The van der Waals surface area contributed by atoms with Crippen molar-refractivity contribution in [2.75, 3.05) is 14.2 Å². The number of allylic oxidation sites excluding steroid dienone is 2. The molecule has 0 amide bonds. The fourth-order valence-electron chi connectivity index (χ4n) is 1.66. The van der Waals surface area contributed by atoms with E-state index in [4.69, 9.17) is 14.2 Å². The number of carbonyl (C=O) groups excluding carboxylic acids is 2. The van der Waals surface area contributed by atoms with Crippen LogP contribution in [0.2, 0.25) is 0 Å². The minimum atomic E-state index is -0.844. The van der Waals surface area contributed by atoms with Crippen molar-refractivity contribution in [1.82, 2.24) is 0 Å². The van der Waals surface area contributed by atoms with Gasteiger partial charge in [0.2, 0.25) is 0 Å². The topological polar surface area (TPSA) is 61.8 Å². The van der Waals surface area contributed by atoms with Crippen molar-refractivity contribution in [3.8, 4) is 11.5 Å². The molecule has 0 aliphatic heterocycles. The summed E-state index contributed by atoms with van der Waals surface area (Å²) in [5.74, 6) is -0.156. The summed E-state index contributed by atoms with van der Waals surface area (Å²) in [4.78, 5) is 23.1. The number of ether oxygens (including phenoxy) is 3. The fraction of sp³-hybridized carbons (Fsp3) is 0.333. The molecule has 1 rings (SSSR count). The lowest BCUT2D eigenvalue weighted by Gasteiger charge is -2.08. The van der Waals surface area contributed by atoms with Crippen LogP contribution in [0.3, 0.4) is 0 Å². The third-order valence-corrected chi connectivity index (χ3v) is 3.16. The SMILES string of the molecule is CCC(C)OC(=O)C(=O)/C=C/C=C/c1cc(OC)ccc1OC. The number of hydrogen-bond acceptors (Lipinski definition) is 5. The summed E-state index contributed by atoms with van der Waals surface area (Å²) >= 11 is 0. The number of ketones is 1. The van der Waals surface area contributed by atoms with Gasteiger partial charge in [-0.05, 0) is 37.6 Å². The molecule has 0 N–H and O–H groups in total. The first-order chi connectivity index (χ1) is 11.0. The highest BCUT2D eigenvalue weighted by Crippen LogP contribution is 2.25. The van der Waals surface area contributed by atoms with Crippen molar-refractivity contribution in [2.45, 2.75) is 26.4 Å². The molecule has 0 heterocycles. The number of methoxy groups -OCH3 is 2. The van der Waals surface area contributed by atoms with Crippen LogP contribution in [0, 0.1) is 0 Å². The Morgan fingerprint density at radius 3 is 2.52 bits per heavy atom. The number of benzene rings is 1. The lowest BCUT2D eigenvalue weighted by Crippen LogP contribution is -2.20. The van der Waals surface area contributed by atoms with Crippen LogP contribution < -0.4 is 9.47 Å².